The molecule has 2 nitrogen and oxygen atoms in total. The van der Waals surface area contributed by atoms with Gasteiger partial charge in [0.1, 0.15) is 0 Å². The summed E-state index contributed by atoms with van der Waals surface area (Å²) in [7, 11) is 0. The van der Waals surface area contributed by atoms with Crippen LogP contribution in [0.25, 0.3) is 0 Å². The lowest BCUT2D eigenvalue weighted by molar-refractivity contribution is -0.125. The van der Waals surface area contributed by atoms with Crippen molar-refractivity contribution in [3.05, 3.63) is 12.2 Å². The Morgan fingerprint density at radius 3 is 3.08 bits per heavy atom. The summed E-state index contributed by atoms with van der Waals surface area (Å²) in [4.78, 5) is 11.5. The van der Waals surface area contributed by atoms with Gasteiger partial charge < -0.3 is 5.32 Å². The molecule has 0 saturated heterocycles. The average molecular weight is 177 g/mol. The third-order valence-corrected chi connectivity index (χ3v) is 2.21. The van der Waals surface area contributed by atoms with E-state index in [1.165, 1.54) is 0 Å². The SMILES string of the molecule is C#CCCNC(=O)C1CC=CCC1. The van der Waals surface area contributed by atoms with Gasteiger partial charge in [-0.05, 0) is 19.3 Å². The highest BCUT2D eigenvalue weighted by Crippen LogP contribution is 2.17. The number of nitrogens with one attached hydrogen (secondary N) is 1. The quantitative estimate of drug-likeness (QED) is 0.395. The van der Waals surface area contributed by atoms with Crippen molar-refractivity contribution in [3.63, 3.8) is 0 Å². The lowest BCUT2D eigenvalue weighted by atomic mass is 9.94. The van der Waals surface area contributed by atoms with E-state index in [0.29, 0.717) is 13.0 Å². The summed E-state index contributed by atoms with van der Waals surface area (Å²) in [6, 6.07) is 0. The zero-order valence-corrected chi connectivity index (χ0v) is 7.75. The summed E-state index contributed by atoms with van der Waals surface area (Å²) < 4.78 is 0. The van der Waals surface area contributed by atoms with E-state index in [1.54, 1.807) is 0 Å². The molecule has 1 N–H and O–H groups in total. The van der Waals surface area contributed by atoms with Gasteiger partial charge in [0.25, 0.3) is 0 Å². The molecule has 1 aliphatic rings. The predicted octanol–water partition coefficient (Wildman–Crippen LogP) is 1.48. The maximum absolute atomic E-state index is 11.5. The fourth-order valence-electron chi connectivity index (χ4n) is 1.43. The molecule has 0 aromatic carbocycles. The number of amides is 1. The van der Waals surface area contributed by atoms with E-state index in [0.717, 1.165) is 19.3 Å². The van der Waals surface area contributed by atoms with Crippen LogP contribution in [-0.4, -0.2) is 12.5 Å². The van der Waals surface area contributed by atoms with Gasteiger partial charge in [0.2, 0.25) is 5.91 Å². The topological polar surface area (TPSA) is 29.1 Å². The lowest BCUT2D eigenvalue weighted by Crippen LogP contribution is -2.31. The highest BCUT2D eigenvalue weighted by molar-refractivity contribution is 5.78. The molecule has 0 fully saturated rings. The van der Waals surface area contributed by atoms with Crippen LogP contribution in [0.5, 0.6) is 0 Å². The Balaban J connectivity index is 2.23. The maximum atomic E-state index is 11.5. The Labute approximate surface area is 79.4 Å². The van der Waals surface area contributed by atoms with Crippen molar-refractivity contribution in [2.75, 3.05) is 6.54 Å². The van der Waals surface area contributed by atoms with Gasteiger partial charge >= 0.3 is 0 Å². The zero-order valence-electron chi connectivity index (χ0n) is 7.75. The van der Waals surface area contributed by atoms with Crippen LogP contribution in [0.4, 0.5) is 0 Å². The summed E-state index contributed by atoms with van der Waals surface area (Å²) >= 11 is 0. The van der Waals surface area contributed by atoms with Crippen molar-refractivity contribution in [3.8, 4) is 12.3 Å². The largest absolute Gasteiger partial charge is 0.355 e. The molecular formula is C11H15NO. The van der Waals surface area contributed by atoms with Crippen LogP contribution >= 0.6 is 0 Å². The minimum atomic E-state index is 0.152. The van der Waals surface area contributed by atoms with Crippen LogP contribution in [-0.2, 0) is 4.79 Å². The first-order valence-corrected chi connectivity index (χ1v) is 4.70. The van der Waals surface area contributed by atoms with Gasteiger partial charge in [-0.3, -0.25) is 4.79 Å². The van der Waals surface area contributed by atoms with Crippen LogP contribution in [0, 0.1) is 18.3 Å². The Bertz CT molecular complexity index is 237. The van der Waals surface area contributed by atoms with Crippen molar-refractivity contribution < 1.29 is 4.79 Å². The maximum Gasteiger partial charge on any atom is 0.223 e. The smallest absolute Gasteiger partial charge is 0.223 e. The van der Waals surface area contributed by atoms with Crippen LogP contribution in [0.2, 0.25) is 0 Å². The Kier molecular flexibility index (Phi) is 4.11. The second-order valence-electron chi connectivity index (χ2n) is 3.23. The zero-order chi connectivity index (χ0) is 9.52. The van der Waals surface area contributed by atoms with Crippen molar-refractivity contribution in [1.29, 1.82) is 0 Å². The third-order valence-electron chi connectivity index (χ3n) is 2.21. The molecular weight excluding hydrogens is 162 g/mol. The highest BCUT2D eigenvalue weighted by Gasteiger charge is 2.17. The van der Waals surface area contributed by atoms with E-state index < -0.39 is 0 Å². The number of hydrogen-bond donors (Lipinski definition) is 1. The first-order chi connectivity index (χ1) is 6.34. The van der Waals surface area contributed by atoms with Gasteiger partial charge in [0, 0.05) is 18.9 Å². The van der Waals surface area contributed by atoms with E-state index in [2.05, 4.69) is 23.4 Å². The second-order valence-corrected chi connectivity index (χ2v) is 3.23. The number of terminal acetylenes is 1. The fraction of sp³-hybridized carbons (Fsp3) is 0.545. The molecule has 1 rings (SSSR count). The van der Waals surface area contributed by atoms with Crippen molar-refractivity contribution in [2.24, 2.45) is 5.92 Å². The van der Waals surface area contributed by atoms with E-state index in [1.807, 2.05) is 0 Å². The number of rotatable bonds is 3. The van der Waals surface area contributed by atoms with E-state index in [-0.39, 0.29) is 11.8 Å². The Morgan fingerprint density at radius 1 is 1.62 bits per heavy atom. The minimum absolute atomic E-state index is 0.152. The van der Waals surface area contributed by atoms with Gasteiger partial charge in [-0.2, -0.15) is 0 Å². The van der Waals surface area contributed by atoms with E-state index in [4.69, 9.17) is 6.42 Å². The number of carbonyl (C=O) groups is 1. The number of carbonyl (C=O) groups excluding carboxylic acids is 1. The van der Waals surface area contributed by atoms with Crippen LogP contribution < -0.4 is 5.32 Å². The molecule has 0 aromatic rings. The lowest BCUT2D eigenvalue weighted by Gasteiger charge is -2.16. The number of allylic oxidation sites excluding steroid dienone is 2. The summed E-state index contributed by atoms with van der Waals surface area (Å²) in [5.41, 5.74) is 0. The van der Waals surface area contributed by atoms with Gasteiger partial charge in [-0.1, -0.05) is 12.2 Å². The fourth-order valence-corrected chi connectivity index (χ4v) is 1.43. The normalized spacial score (nSPS) is 20.7. The standard InChI is InChI=1S/C11H15NO/c1-2-3-9-12-11(13)10-7-5-4-6-8-10/h1,4-5,10H,3,6-9H2,(H,12,13). The molecule has 2 heteroatoms. The Hall–Kier alpha value is -1.23. The molecule has 70 valence electrons. The van der Waals surface area contributed by atoms with E-state index >= 15 is 0 Å². The summed E-state index contributed by atoms with van der Waals surface area (Å²) in [5.74, 6) is 2.82. The molecule has 1 atom stereocenters. The Morgan fingerprint density at radius 2 is 2.46 bits per heavy atom. The predicted molar refractivity (Wildman–Crippen MR) is 52.9 cm³/mol. The number of hydrogen-bond acceptors (Lipinski definition) is 1. The molecule has 1 unspecified atom stereocenters. The summed E-state index contributed by atoms with van der Waals surface area (Å²) in [6.45, 7) is 0.607. The van der Waals surface area contributed by atoms with Gasteiger partial charge in [0.15, 0.2) is 0 Å². The molecule has 0 aliphatic heterocycles. The van der Waals surface area contributed by atoms with Crippen LogP contribution in [0.15, 0.2) is 12.2 Å². The van der Waals surface area contributed by atoms with E-state index in [9.17, 15) is 4.79 Å². The average Bonchev–Trinajstić information content (AvgIpc) is 2.19. The van der Waals surface area contributed by atoms with Crippen molar-refractivity contribution >= 4 is 5.91 Å². The molecule has 0 heterocycles. The molecule has 1 amide bonds. The van der Waals surface area contributed by atoms with Gasteiger partial charge in [0.05, 0.1) is 0 Å². The second kappa shape index (κ2) is 5.42. The minimum Gasteiger partial charge on any atom is -0.355 e. The van der Waals surface area contributed by atoms with Crippen LogP contribution in [0.1, 0.15) is 25.7 Å². The molecule has 0 saturated carbocycles. The van der Waals surface area contributed by atoms with Crippen LogP contribution in [0.3, 0.4) is 0 Å². The molecule has 1 aliphatic carbocycles. The third kappa shape index (κ3) is 3.33. The molecule has 0 spiro atoms. The first kappa shape index (κ1) is 9.85. The van der Waals surface area contributed by atoms with Crippen molar-refractivity contribution in [1.82, 2.24) is 5.32 Å². The molecule has 0 aromatic heterocycles. The molecule has 13 heavy (non-hydrogen) atoms. The summed E-state index contributed by atoms with van der Waals surface area (Å²) in [5, 5.41) is 2.84. The van der Waals surface area contributed by atoms with Gasteiger partial charge in [-0.25, -0.2) is 0 Å². The first-order valence-electron chi connectivity index (χ1n) is 4.70. The monoisotopic (exact) mass is 177 g/mol. The van der Waals surface area contributed by atoms with Crippen molar-refractivity contribution in [2.45, 2.75) is 25.7 Å². The summed E-state index contributed by atoms with van der Waals surface area (Å²) in [6.07, 6.45) is 12.8. The molecule has 0 bridgehead atoms. The highest BCUT2D eigenvalue weighted by atomic mass is 16.1. The van der Waals surface area contributed by atoms with Gasteiger partial charge in [-0.15, -0.1) is 12.3 Å². The molecule has 0 radical (unpaired) electrons.